The molecule has 1 aliphatic heterocycles. The van der Waals surface area contributed by atoms with Crippen molar-refractivity contribution in [2.24, 2.45) is 0 Å². The summed E-state index contributed by atoms with van der Waals surface area (Å²) >= 11 is 3.55. The van der Waals surface area contributed by atoms with Crippen LogP contribution in [0.25, 0.3) is 0 Å². The molecule has 1 aromatic carbocycles. The molecule has 1 saturated heterocycles. The Morgan fingerprint density at radius 3 is 2.81 bits per heavy atom. The van der Waals surface area contributed by atoms with Gasteiger partial charge in [0.15, 0.2) is 0 Å². The first-order chi connectivity index (χ1) is 10.2. The second-order valence-electron chi connectivity index (χ2n) is 5.37. The van der Waals surface area contributed by atoms with Crippen LogP contribution in [0.1, 0.15) is 40.4 Å². The van der Waals surface area contributed by atoms with Crippen molar-refractivity contribution in [2.45, 2.75) is 25.8 Å². The highest BCUT2D eigenvalue weighted by molar-refractivity contribution is 9.10. The van der Waals surface area contributed by atoms with Gasteiger partial charge in [-0.1, -0.05) is 12.1 Å². The molecule has 0 spiro atoms. The zero-order valence-electron chi connectivity index (χ0n) is 11.9. The maximum atomic E-state index is 12.9. The second kappa shape index (κ2) is 5.98. The molecule has 0 bridgehead atoms. The van der Waals surface area contributed by atoms with E-state index >= 15 is 0 Å². The highest BCUT2D eigenvalue weighted by atomic mass is 79.9. The number of carbonyl (C=O) groups excluding carboxylic acids is 1. The Morgan fingerprint density at radius 1 is 1.29 bits per heavy atom. The molecular formula is C17H17BrN2O. The summed E-state index contributed by atoms with van der Waals surface area (Å²) in [7, 11) is 0. The monoisotopic (exact) mass is 344 g/mol. The molecule has 1 aliphatic rings. The van der Waals surface area contributed by atoms with E-state index in [-0.39, 0.29) is 11.9 Å². The second-order valence-corrected chi connectivity index (χ2v) is 6.17. The van der Waals surface area contributed by atoms with E-state index in [2.05, 4.69) is 20.9 Å². The summed E-state index contributed by atoms with van der Waals surface area (Å²) in [5.41, 5.74) is 3.00. The summed E-state index contributed by atoms with van der Waals surface area (Å²) in [5, 5.41) is 0. The van der Waals surface area contributed by atoms with Crippen molar-refractivity contribution in [2.75, 3.05) is 6.54 Å². The summed E-state index contributed by atoms with van der Waals surface area (Å²) in [6.07, 6.45) is 5.64. The summed E-state index contributed by atoms with van der Waals surface area (Å²) < 4.78 is 0.898. The van der Waals surface area contributed by atoms with Crippen molar-refractivity contribution in [3.8, 4) is 0 Å². The number of nitrogens with zero attached hydrogens (tertiary/aromatic N) is 2. The summed E-state index contributed by atoms with van der Waals surface area (Å²) in [5.74, 6) is 0.102. The SMILES string of the molecule is Cc1cccc(C(=O)N2CCCC2c2ccncc2)c1Br. The van der Waals surface area contributed by atoms with Gasteiger partial charge in [-0.2, -0.15) is 0 Å². The van der Waals surface area contributed by atoms with Crippen LogP contribution < -0.4 is 0 Å². The topological polar surface area (TPSA) is 33.2 Å². The average Bonchev–Trinajstić information content (AvgIpc) is 3.00. The lowest BCUT2D eigenvalue weighted by atomic mass is 10.0. The molecule has 4 heteroatoms. The summed E-state index contributed by atoms with van der Waals surface area (Å²) in [6, 6.07) is 9.99. The molecule has 3 nitrogen and oxygen atoms in total. The molecule has 2 aromatic rings. The number of hydrogen-bond acceptors (Lipinski definition) is 2. The molecular weight excluding hydrogens is 328 g/mol. The van der Waals surface area contributed by atoms with E-state index in [1.165, 1.54) is 5.56 Å². The van der Waals surface area contributed by atoms with Crippen molar-refractivity contribution in [1.82, 2.24) is 9.88 Å². The van der Waals surface area contributed by atoms with Gasteiger partial charge >= 0.3 is 0 Å². The molecule has 1 atom stereocenters. The Morgan fingerprint density at radius 2 is 2.05 bits per heavy atom. The van der Waals surface area contributed by atoms with Crippen LogP contribution in [-0.2, 0) is 0 Å². The highest BCUT2D eigenvalue weighted by Gasteiger charge is 2.31. The van der Waals surface area contributed by atoms with E-state index in [0.717, 1.165) is 35.0 Å². The lowest BCUT2D eigenvalue weighted by Crippen LogP contribution is -2.30. The fraction of sp³-hybridized carbons (Fsp3) is 0.294. The predicted octanol–water partition coefficient (Wildman–Crippen LogP) is 4.13. The van der Waals surface area contributed by atoms with Gasteiger partial charge in [0.25, 0.3) is 5.91 Å². The van der Waals surface area contributed by atoms with Gasteiger partial charge in [-0.25, -0.2) is 0 Å². The number of aryl methyl sites for hydroxylation is 1. The Labute approximate surface area is 133 Å². The van der Waals surface area contributed by atoms with Crippen molar-refractivity contribution < 1.29 is 4.79 Å². The normalized spacial score (nSPS) is 18.0. The molecule has 3 rings (SSSR count). The van der Waals surface area contributed by atoms with Crippen LogP contribution in [-0.4, -0.2) is 22.3 Å². The maximum Gasteiger partial charge on any atom is 0.255 e. The zero-order valence-corrected chi connectivity index (χ0v) is 13.5. The Hall–Kier alpha value is -1.68. The van der Waals surface area contributed by atoms with Crippen molar-refractivity contribution in [3.63, 3.8) is 0 Å². The Bertz CT molecular complexity index is 657. The smallest absolute Gasteiger partial charge is 0.255 e. The number of rotatable bonds is 2. The standard InChI is InChI=1S/C17H17BrN2O/c1-12-4-2-5-14(16(12)18)17(21)20-11-3-6-15(20)13-7-9-19-10-8-13/h2,4-5,7-10,15H,3,6,11H2,1H3. The molecule has 1 fully saturated rings. The molecule has 1 amide bonds. The fourth-order valence-electron chi connectivity index (χ4n) is 2.91. The average molecular weight is 345 g/mol. The van der Waals surface area contributed by atoms with Gasteiger partial charge in [0.05, 0.1) is 11.6 Å². The molecule has 2 heterocycles. The van der Waals surface area contributed by atoms with Crippen LogP contribution in [0.15, 0.2) is 47.2 Å². The van der Waals surface area contributed by atoms with Gasteiger partial charge in [-0.15, -0.1) is 0 Å². The maximum absolute atomic E-state index is 12.9. The third kappa shape index (κ3) is 2.72. The number of carbonyl (C=O) groups is 1. The minimum Gasteiger partial charge on any atom is -0.332 e. The first-order valence-electron chi connectivity index (χ1n) is 7.14. The zero-order chi connectivity index (χ0) is 14.8. The van der Waals surface area contributed by atoms with Gasteiger partial charge in [-0.3, -0.25) is 9.78 Å². The first kappa shape index (κ1) is 14.3. The van der Waals surface area contributed by atoms with E-state index in [1.54, 1.807) is 12.4 Å². The van der Waals surface area contributed by atoms with Gasteiger partial charge in [0.2, 0.25) is 0 Å². The van der Waals surface area contributed by atoms with E-state index < -0.39 is 0 Å². The molecule has 1 aromatic heterocycles. The molecule has 108 valence electrons. The Kier molecular flexibility index (Phi) is 4.06. The fourth-order valence-corrected chi connectivity index (χ4v) is 3.34. The molecule has 0 radical (unpaired) electrons. The number of aromatic nitrogens is 1. The molecule has 0 aliphatic carbocycles. The van der Waals surface area contributed by atoms with Gasteiger partial charge in [-0.05, 0) is 65.0 Å². The van der Waals surface area contributed by atoms with Crippen LogP contribution in [0, 0.1) is 6.92 Å². The third-order valence-corrected chi connectivity index (χ3v) is 5.08. The number of benzene rings is 1. The number of halogens is 1. The molecule has 21 heavy (non-hydrogen) atoms. The first-order valence-corrected chi connectivity index (χ1v) is 7.94. The van der Waals surface area contributed by atoms with Crippen LogP contribution in [0.5, 0.6) is 0 Å². The highest BCUT2D eigenvalue weighted by Crippen LogP contribution is 2.34. The molecule has 0 saturated carbocycles. The van der Waals surface area contributed by atoms with Crippen molar-refractivity contribution in [3.05, 3.63) is 63.9 Å². The summed E-state index contributed by atoms with van der Waals surface area (Å²) in [6.45, 7) is 2.82. The summed E-state index contributed by atoms with van der Waals surface area (Å²) in [4.78, 5) is 18.9. The van der Waals surface area contributed by atoms with Crippen molar-refractivity contribution >= 4 is 21.8 Å². The number of pyridine rings is 1. The predicted molar refractivity (Wildman–Crippen MR) is 86.1 cm³/mol. The van der Waals surface area contributed by atoms with E-state index in [1.807, 2.05) is 42.2 Å². The molecule has 0 N–H and O–H groups in total. The lowest BCUT2D eigenvalue weighted by molar-refractivity contribution is 0.0734. The number of amides is 1. The molecule has 1 unspecified atom stereocenters. The van der Waals surface area contributed by atoms with E-state index in [0.29, 0.717) is 0 Å². The third-order valence-electron chi connectivity index (χ3n) is 4.03. The van der Waals surface area contributed by atoms with Gasteiger partial charge < -0.3 is 4.90 Å². The van der Waals surface area contributed by atoms with Crippen LogP contribution in [0.2, 0.25) is 0 Å². The number of likely N-dealkylation sites (tertiary alicyclic amines) is 1. The Balaban J connectivity index is 1.92. The lowest BCUT2D eigenvalue weighted by Gasteiger charge is -2.25. The van der Waals surface area contributed by atoms with Crippen molar-refractivity contribution in [1.29, 1.82) is 0 Å². The van der Waals surface area contributed by atoms with E-state index in [4.69, 9.17) is 0 Å². The minimum atomic E-state index is 0.102. The minimum absolute atomic E-state index is 0.102. The largest absolute Gasteiger partial charge is 0.332 e. The number of hydrogen-bond donors (Lipinski definition) is 0. The van der Waals surface area contributed by atoms with E-state index in [9.17, 15) is 4.79 Å². The van der Waals surface area contributed by atoms with Crippen LogP contribution in [0.3, 0.4) is 0 Å². The quantitative estimate of drug-likeness (QED) is 0.820. The van der Waals surface area contributed by atoms with Gasteiger partial charge in [0, 0.05) is 23.4 Å². The van der Waals surface area contributed by atoms with Crippen LogP contribution >= 0.6 is 15.9 Å². The van der Waals surface area contributed by atoms with Gasteiger partial charge in [0.1, 0.15) is 0 Å². The van der Waals surface area contributed by atoms with Crippen LogP contribution in [0.4, 0.5) is 0 Å².